The van der Waals surface area contributed by atoms with Crippen molar-refractivity contribution in [2.24, 2.45) is 0 Å². The Morgan fingerprint density at radius 3 is 0.842 bits per heavy atom. The number of hydrogen-bond acceptors (Lipinski definition) is 1. The molecule has 1 fully saturated rings. The summed E-state index contributed by atoms with van der Waals surface area (Å²) in [5.74, 6) is 0. The van der Waals surface area contributed by atoms with E-state index in [1.807, 2.05) is 0 Å². The number of quaternary nitrogens is 1. The van der Waals surface area contributed by atoms with E-state index in [0.717, 1.165) is 0 Å². The first kappa shape index (κ1) is 35.9. The number of nitrogens with one attached hydrogen (secondary N) is 1. The van der Waals surface area contributed by atoms with Crippen molar-refractivity contribution in [3.63, 3.8) is 0 Å². The normalized spacial score (nSPS) is 15.3. The van der Waals surface area contributed by atoms with Crippen LogP contribution in [0.25, 0.3) is 0 Å². The van der Waals surface area contributed by atoms with E-state index in [1.54, 1.807) is 0 Å². The van der Waals surface area contributed by atoms with Crippen molar-refractivity contribution in [3.05, 3.63) is 0 Å². The maximum atomic E-state index is 3.63. The lowest BCUT2D eigenvalue weighted by Gasteiger charge is -2.42. The Labute approximate surface area is 242 Å². The SMILES string of the molecule is CCCCCCCCCCCCCCCC[N+]1(CCCCCCCCCCCCCCCC)CCNCC1. The molecule has 1 heterocycles. The van der Waals surface area contributed by atoms with Crippen LogP contribution in [0.1, 0.15) is 194 Å². The standard InChI is InChI=1S/C36H75N2/c1-3-5-7-9-11-13-15-17-19-21-23-25-27-29-33-38(35-31-37-32-36-38)34-30-28-26-24-22-20-18-16-14-12-10-8-6-4-2/h37H,3-36H2,1-2H3/q+1. The van der Waals surface area contributed by atoms with E-state index in [1.165, 1.54) is 224 Å². The van der Waals surface area contributed by atoms with Crippen LogP contribution in [-0.2, 0) is 0 Å². The van der Waals surface area contributed by atoms with Gasteiger partial charge in [0.25, 0.3) is 0 Å². The minimum atomic E-state index is 1.25. The molecule has 1 rings (SSSR count). The lowest BCUT2D eigenvalue weighted by molar-refractivity contribution is -0.930. The van der Waals surface area contributed by atoms with E-state index in [2.05, 4.69) is 19.2 Å². The van der Waals surface area contributed by atoms with Crippen LogP contribution >= 0.6 is 0 Å². The van der Waals surface area contributed by atoms with Crippen LogP contribution in [0.3, 0.4) is 0 Å². The number of hydrogen-bond donors (Lipinski definition) is 1. The van der Waals surface area contributed by atoms with E-state index >= 15 is 0 Å². The third-order valence-electron chi connectivity index (χ3n) is 9.50. The largest absolute Gasteiger partial charge is 0.322 e. The molecule has 228 valence electrons. The van der Waals surface area contributed by atoms with Crippen molar-refractivity contribution in [2.45, 2.75) is 194 Å². The average Bonchev–Trinajstić information content (AvgIpc) is 2.94. The van der Waals surface area contributed by atoms with Gasteiger partial charge in [-0.25, -0.2) is 0 Å². The summed E-state index contributed by atoms with van der Waals surface area (Å²) in [5.41, 5.74) is 0. The lowest BCUT2D eigenvalue weighted by atomic mass is 10.0. The fourth-order valence-electron chi connectivity index (χ4n) is 6.71. The van der Waals surface area contributed by atoms with E-state index < -0.39 is 0 Å². The summed E-state index contributed by atoms with van der Waals surface area (Å²) in [6.07, 6.45) is 41.1. The molecule has 0 aromatic carbocycles. The summed E-state index contributed by atoms with van der Waals surface area (Å²) in [5, 5.41) is 3.63. The predicted molar refractivity (Wildman–Crippen MR) is 173 cm³/mol. The van der Waals surface area contributed by atoms with E-state index in [-0.39, 0.29) is 0 Å². The zero-order valence-corrected chi connectivity index (χ0v) is 27.0. The summed E-state index contributed by atoms with van der Waals surface area (Å²) >= 11 is 0. The summed E-state index contributed by atoms with van der Waals surface area (Å²) in [6, 6.07) is 0. The highest BCUT2D eigenvalue weighted by Gasteiger charge is 2.28. The van der Waals surface area contributed by atoms with Crippen LogP contribution in [0.4, 0.5) is 0 Å². The topological polar surface area (TPSA) is 12.0 Å². The molecule has 0 amide bonds. The molecule has 1 saturated heterocycles. The van der Waals surface area contributed by atoms with Crippen LogP contribution in [-0.4, -0.2) is 43.8 Å². The van der Waals surface area contributed by atoms with Crippen LogP contribution in [0.2, 0.25) is 0 Å². The molecule has 0 bridgehead atoms. The Bertz CT molecular complexity index is 409. The molecule has 38 heavy (non-hydrogen) atoms. The highest BCUT2D eigenvalue weighted by atomic mass is 15.4. The molecule has 1 aliphatic heterocycles. The Balaban J connectivity index is 1.93. The van der Waals surface area contributed by atoms with E-state index in [4.69, 9.17) is 0 Å². The molecule has 1 aliphatic rings. The molecule has 0 aliphatic carbocycles. The molecule has 2 nitrogen and oxygen atoms in total. The maximum absolute atomic E-state index is 3.63. The summed E-state index contributed by atoms with van der Waals surface area (Å²) < 4.78 is 1.43. The highest BCUT2D eigenvalue weighted by molar-refractivity contribution is 4.60. The first-order valence-electron chi connectivity index (χ1n) is 18.4. The van der Waals surface area contributed by atoms with Crippen molar-refractivity contribution >= 4 is 0 Å². The molecule has 0 aromatic heterocycles. The second-order valence-electron chi connectivity index (χ2n) is 13.2. The van der Waals surface area contributed by atoms with Crippen molar-refractivity contribution < 1.29 is 4.48 Å². The second kappa shape index (κ2) is 28.4. The van der Waals surface area contributed by atoms with E-state index in [9.17, 15) is 0 Å². The molecule has 0 unspecified atom stereocenters. The first-order valence-corrected chi connectivity index (χ1v) is 18.4. The zero-order chi connectivity index (χ0) is 27.2. The van der Waals surface area contributed by atoms with Gasteiger partial charge in [-0.15, -0.1) is 0 Å². The predicted octanol–water partition coefficient (Wildman–Crippen LogP) is 11.4. The quantitative estimate of drug-likeness (QED) is 0.0712. The highest BCUT2D eigenvalue weighted by Crippen LogP contribution is 2.18. The fraction of sp³-hybridized carbons (Fsp3) is 1.00. The number of nitrogens with zero attached hydrogens (tertiary/aromatic N) is 1. The van der Waals surface area contributed by atoms with Crippen LogP contribution in [0.15, 0.2) is 0 Å². The van der Waals surface area contributed by atoms with Gasteiger partial charge in [0.2, 0.25) is 0 Å². The molecule has 1 N–H and O–H groups in total. The van der Waals surface area contributed by atoms with Crippen LogP contribution < -0.4 is 5.32 Å². The summed E-state index contributed by atoms with van der Waals surface area (Å²) in [4.78, 5) is 0. The van der Waals surface area contributed by atoms with Gasteiger partial charge in [0, 0.05) is 13.1 Å². The van der Waals surface area contributed by atoms with Gasteiger partial charge in [-0.2, -0.15) is 0 Å². The minimum Gasteiger partial charge on any atom is -0.322 e. The number of rotatable bonds is 30. The van der Waals surface area contributed by atoms with Crippen molar-refractivity contribution in [2.75, 3.05) is 39.3 Å². The number of piperazine rings is 1. The zero-order valence-electron chi connectivity index (χ0n) is 27.0. The van der Waals surface area contributed by atoms with Crippen LogP contribution in [0.5, 0.6) is 0 Å². The van der Waals surface area contributed by atoms with Gasteiger partial charge in [0.05, 0.1) is 26.2 Å². The summed E-state index contributed by atoms with van der Waals surface area (Å²) in [6.45, 7) is 12.8. The molecule has 0 spiro atoms. The van der Waals surface area contributed by atoms with Crippen molar-refractivity contribution in [3.8, 4) is 0 Å². The first-order chi connectivity index (χ1) is 18.8. The van der Waals surface area contributed by atoms with Crippen molar-refractivity contribution in [1.82, 2.24) is 5.32 Å². The van der Waals surface area contributed by atoms with Gasteiger partial charge >= 0.3 is 0 Å². The minimum absolute atomic E-state index is 1.25. The van der Waals surface area contributed by atoms with Crippen LogP contribution in [0, 0.1) is 0 Å². The van der Waals surface area contributed by atoms with E-state index in [0.29, 0.717) is 0 Å². The molecular weight excluding hydrogens is 460 g/mol. The second-order valence-corrected chi connectivity index (χ2v) is 13.2. The Morgan fingerprint density at radius 1 is 0.342 bits per heavy atom. The Kier molecular flexibility index (Phi) is 26.9. The smallest absolute Gasteiger partial charge is 0.0913 e. The number of unbranched alkanes of at least 4 members (excludes halogenated alkanes) is 26. The van der Waals surface area contributed by atoms with Gasteiger partial charge in [0.1, 0.15) is 0 Å². The molecular formula is C36H75N2+. The molecule has 0 aromatic rings. The summed E-state index contributed by atoms with van der Waals surface area (Å²) in [7, 11) is 0. The monoisotopic (exact) mass is 536 g/mol. The molecule has 2 heteroatoms. The van der Waals surface area contributed by atoms with Gasteiger partial charge in [-0.3, -0.25) is 0 Å². The molecule has 0 atom stereocenters. The average molecular weight is 536 g/mol. The van der Waals surface area contributed by atoms with Gasteiger partial charge < -0.3 is 9.80 Å². The fourth-order valence-corrected chi connectivity index (χ4v) is 6.71. The molecule has 0 radical (unpaired) electrons. The third kappa shape index (κ3) is 22.7. The molecule has 0 saturated carbocycles. The van der Waals surface area contributed by atoms with Gasteiger partial charge in [-0.05, 0) is 25.7 Å². The van der Waals surface area contributed by atoms with Crippen molar-refractivity contribution in [1.29, 1.82) is 0 Å². The van der Waals surface area contributed by atoms with Gasteiger partial charge in [-0.1, -0.05) is 168 Å². The Hall–Kier alpha value is -0.0800. The third-order valence-corrected chi connectivity index (χ3v) is 9.50. The lowest BCUT2D eigenvalue weighted by Crippen LogP contribution is -2.59. The van der Waals surface area contributed by atoms with Gasteiger partial charge in [0.15, 0.2) is 0 Å². The maximum Gasteiger partial charge on any atom is 0.0913 e. The Morgan fingerprint density at radius 2 is 0.579 bits per heavy atom.